The van der Waals surface area contributed by atoms with Gasteiger partial charge in [0.15, 0.2) is 0 Å². The molecular formula is C13H20N2O2S. The summed E-state index contributed by atoms with van der Waals surface area (Å²) in [4.78, 5) is 17.4. The maximum atomic E-state index is 12.1. The van der Waals surface area contributed by atoms with E-state index in [1.807, 2.05) is 11.9 Å². The molecule has 5 heteroatoms. The van der Waals surface area contributed by atoms with E-state index in [1.165, 1.54) is 10.4 Å². The topological polar surface area (TPSA) is 32.8 Å². The molecule has 0 N–H and O–H groups in total. The highest BCUT2D eigenvalue weighted by Crippen LogP contribution is 2.17. The first kappa shape index (κ1) is 13.5. The van der Waals surface area contributed by atoms with Gasteiger partial charge in [-0.3, -0.25) is 9.69 Å². The van der Waals surface area contributed by atoms with E-state index in [0.29, 0.717) is 19.8 Å². The number of amides is 1. The average Bonchev–Trinajstić information content (AvgIpc) is 2.76. The van der Waals surface area contributed by atoms with Crippen molar-refractivity contribution >= 4 is 17.2 Å². The van der Waals surface area contributed by atoms with Crippen molar-refractivity contribution in [2.45, 2.75) is 13.5 Å². The number of likely N-dealkylation sites (N-methyl/N-ethyl adjacent to an activating group) is 1. The minimum atomic E-state index is 0.204. The molecule has 0 aliphatic carbocycles. The van der Waals surface area contributed by atoms with Gasteiger partial charge in [0, 0.05) is 24.5 Å². The summed E-state index contributed by atoms with van der Waals surface area (Å²) in [5, 5.41) is 2.10. The van der Waals surface area contributed by atoms with Gasteiger partial charge in [-0.05, 0) is 31.0 Å². The summed E-state index contributed by atoms with van der Waals surface area (Å²) in [7, 11) is 2.00. The van der Waals surface area contributed by atoms with Crippen LogP contribution in [-0.2, 0) is 16.1 Å². The fourth-order valence-corrected chi connectivity index (χ4v) is 3.00. The van der Waals surface area contributed by atoms with Crippen LogP contribution in [0.1, 0.15) is 10.4 Å². The molecular weight excluding hydrogens is 248 g/mol. The summed E-state index contributed by atoms with van der Waals surface area (Å²) < 4.78 is 5.25. The molecule has 4 nitrogen and oxygen atoms in total. The van der Waals surface area contributed by atoms with Crippen molar-refractivity contribution in [2.24, 2.45) is 0 Å². The molecule has 18 heavy (non-hydrogen) atoms. The molecule has 1 aliphatic heterocycles. The maximum absolute atomic E-state index is 12.1. The molecule has 1 fully saturated rings. The Morgan fingerprint density at radius 3 is 2.83 bits per heavy atom. The van der Waals surface area contributed by atoms with E-state index in [1.54, 1.807) is 11.3 Å². The van der Waals surface area contributed by atoms with Gasteiger partial charge in [0.2, 0.25) is 5.91 Å². The van der Waals surface area contributed by atoms with Crippen LogP contribution in [0.5, 0.6) is 0 Å². The van der Waals surface area contributed by atoms with Gasteiger partial charge in [-0.15, -0.1) is 11.3 Å². The molecule has 0 aromatic carbocycles. The second kappa shape index (κ2) is 6.31. The van der Waals surface area contributed by atoms with Gasteiger partial charge < -0.3 is 9.64 Å². The molecule has 1 aromatic rings. The van der Waals surface area contributed by atoms with Crippen molar-refractivity contribution in [3.05, 3.63) is 21.9 Å². The zero-order valence-corrected chi connectivity index (χ0v) is 11.8. The summed E-state index contributed by atoms with van der Waals surface area (Å²) in [6, 6.07) is 2.12. The quantitative estimate of drug-likeness (QED) is 0.826. The van der Waals surface area contributed by atoms with Crippen molar-refractivity contribution in [2.75, 3.05) is 39.9 Å². The lowest BCUT2D eigenvalue weighted by Gasteiger charge is -2.28. The summed E-state index contributed by atoms with van der Waals surface area (Å²) in [5.74, 6) is 0.204. The van der Waals surface area contributed by atoms with Crippen LogP contribution in [0.2, 0.25) is 0 Å². The number of rotatable bonds is 4. The molecule has 0 spiro atoms. The molecule has 100 valence electrons. The fraction of sp³-hybridized carbons (Fsp3) is 0.615. The Morgan fingerprint density at radius 1 is 1.50 bits per heavy atom. The Bertz CT molecular complexity index is 399. The monoisotopic (exact) mass is 268 g/mol. The van der Waals surface area contributed by atoms with Crippen LogP contribution in [0.25, 0.3) is 0 Å². The molecule has 0 atom stereocenters. The molecule has 0 saturated carbocycles. The van der Waals surface area contributed by atoms with Crippen LogP contribution < -0.4 is 0 Å². The summed E-state index contributed by atoms with van der Waals surface area (Å²) in [6.07, 6.45) is 0. The number of carbonyl (C=O) groups excluding carboxylic acids is 1. The molecule has 0 unspecified atom stereocenters. The molecule has 2 rings (SSSR count). The number of morpholine rings is 1. The largest absolute Gasteiger partial charge is 0.378 e. The SMILES string of the molecule is Cc1ccsc1CN(C)CC(=O)N1CCOCC1. The van der Waals surface area contributed by atoms with E-state index in [-0.39, 0.29) is 5.91 Å². The van der Waals surface area contributed by atoms with Gasteiger partial charge in [-0.25, -0.2) is 0 Å². The molecule has 0 bridgehead atoms. The molecule has 1 aliphatic rings. The van der Waals surface area contributed by atoms with E-state index in [2.05, 4.69) is 23.3 Å². The van der Waals surface area contributed by atoms with Crippen LogP contribution in [0.3, 0.4) is 0 Å². The molecule has 1 amide bonds. The lowest BCUT2D eigenvalue weighted by atomic mass is 10.3. The molecule has 2 heterocycles. The molecule has 1 aromatic heterocycles. The standard InChI is InChI=1S/C13H20N2O2S/c1-11-3-8-18-12(11)9-14(2)10-13(16)15-4-6-17-7-5-15/h3,8H,4-7,9-10H2,1-2H3. The van der Waals surface area contributed by atoms with Crippen molar-refractivity contribution in [3.8, 4) is 0 Å². The van der Waals surface area contributed by atoms with Crippen LogP contribution in [-0.4, -0.2) is 55.6 Å². The van der Waals surface area contributed by atoms with Gasteiger partial charge in [-0.1, -0.05) is 0 Å². The van der Waals surface area contributed by atoms with Gasteiger partial charge in [0.1, 0.15) is 0 Å². The highest BCUT2D eigenvalue weighted by molar-refractivity contribution is 7.10. The Morgan fingerprint density at radius 2 is 2.22 bits per heavy atom. The Kier molecular flexibility index (Phi) is 4.74. The highest BCUT2D eigenvalue weighted by Gasteiger charge is 2.18. The third kappa shape index (κ3) is 3.54. The fourth-order valence-electron chi connectivity index (χ4n) is 2.01. The number of hydrogen-bond donors (Lipinski definition) is 0. The Hall–Kier alpha value is -0.910. The summed E-state index contributed by atoms with van der Waals surface area (Å²) >= 11 is 1.75. The summed E-state index contributed by atoms with van der Waals surface area (Å²) in [6.45, 7) is 6.23. The average molecular weight is 268 g/mol. The van der Waals surface area contributed by atoms with E-state index in [9.17, 15) is 4.79 Å². The first-order valence-corrected chi connectivity index (χ1v) is 7.12. The normalized spacial score (nSPS) is 16.3. The Balaban J connectivity index is 1.81. The van der Waals surface area contributed by atoms with Crippen LogP contribution in [0.15, 0.2) is 11.4 Å². The van der Waals surface area contributed by atoms with Crippen LogP contribution >= 0.6 is 11.3 Å². The number of carbonyl (C=O) groups is 1. The smallest absolute Gasteiger partial charge is 0.236 e. The molecule has 1 saturated heterocycles. The Labute approximate surface area is 112 Å². The summed E-state index contributed by atoms with van der Waals surface area (Å²) in [5.41, 5.74) is 1.31. The minimum Gasteiger partial charge on any atom is -0.378 e. The number of aryl methyl sites for hydroxylation is 1. The van der Waals surface area contributed by atoms with Crippen LogP contribution in [0.4, 0.5) is 0 Å². The van der Waals surface area contributed by atoms with E-state index in [0.717, 1.165) is 19.6 Å². The van der Waals surface area contributed by atoms with Crippen molar-refractivity contribution in [3.63, 3.8) is 0 Å². The highest BCUT2D eigenvalue weighted by atomic mass is 32.1. The van der Waals surface area contributed by atoms with E-state index < -0.39 is 0 Å². The first-order valence-electron chi connectivity index (χ1n) is 6.24. The minimum absolute atomic E-state index is 0.204. The maximum Gasteiger partial charge on any atom is 0.236 e. The number of hydrogen-bond acceptors (Lipinski definition) is 4. The van der Waals surface area contributed by atoms with Crippen LogP contribution in [0, 0.1) is 6.92 Å². The lowest BCUT2D eigenvalue weighted by Crippen LogP contribution is -2.44. The zero-order valence-electron chi connectivity index (χ0n) is 11.0. The van der Waals surface area contributed by atoms with E-state index in [4.69, 9.17) is 4.74 Å². The molecule has 0 radical (unpaired) electrons. The predicted octanol–water partition coefficient (Wildman–Crippen LogP) is 1.35. The lowest BCUT2D eigenvalue weighted by molar-refractivity contribution is -0.136. The van der Waals surface area contributed by atoms with Gasteiger partial charge in [-0.2, -0.15) is 0 Å². The van der Waals surface area contributed by atoms with Gasteiger partial charge in [0.25, 0.3) is 0 Å². The van der Waals surface area contributed by atoms with Crippen molar-refractivity contribution in [1.29, 1.82) is 0 Å². The van der Waals surface area contributed by atoms with Gasteiger partial charge >= 0.3 is 0 Å². The third-order valence-corrected chi connectivity index (χ3v) is 4.16. The van der Waals surface area contributed by atoms with E-state index >= 15 is 0 Å². The number of thiophene rings is 1. The second-order valence-electron chi connectivity index (χ2n) is 4.69. The van der Waals surface area contributed by atoms with Crippen molar-refractivity contribution < 1.29 is 9.53 Å². The predicted molar refractivity (Wildman–Crippen MR) is 72.8 cm³/mol. The third-order valence-electron chi connectivity index (χ3n) is 3.15. The first-order chi connectivity index (χ1) is 8.66. The van der Waals surface area contributed by atoms with Crippen molar-refractivity contribution in [1.82, 2.24) is 9.80 Å². The zero-order chi connectivity index (χ0) is 13.0. The number of nitrogens with zero attached hydrogens (tertiary/aromatic N) is 2. The van der Waals surface area contributed by atoms with Gasteiger partial charge in [0.05, 0.1) is 19.8 Å². The number of ether oxygens (including phenoxy) is 1. The second-order valence-corrected chi connectivity index (χ2v) is 5.69.